The van der Waals surface area contributed by atoms with Crippen molar-refractivity contribution in [2.45, 2.75) is 9.79 Å². The van der Waals surface area contributed by atoms with Gasteiger partial charge < -0.3 is 9.32 Å². The van der Waals surface area contributed by atoms with Crippen LogP contribution in [0.25, 0.3) is 66.1 Å². The molecule has 9 aromatic rings. The highest BCUT2D eigenvalue weighted by Crippen LogP contribution is 2.71. The molecule has 0 amide bonds. The molecule has 1 aliphatic rings. The number of hydrogen-bond donors (Lipinski definition) is 0. The molecule has 2 nitrogen and oxygen atoms in total. The standard InChI is InChI=1S/C48H35NOS/c1-51(2)45-29-28-41-40-18-8-9-21-44(40)50-47(41)46(45)42-19-11-20-43(48(42)51)49(39-17-10-16-36(31-39)32-12-4-3-5-13-32)38-26-24-34(25-27-38)37-23-22-33-14-6-7-15-35(33)30-37/h3-31H,1-2H3. The van der Waals surface area contributed by atoms with Gasteiger partial charge in [-0.05, 0) is 100 Å². The maximum absolute atomic E-state index is 6.66. The van der Waals surface area contributed by atoms with Crippen LogP contribution < -0.4 is 4.90 Å². The Hall–Kier alpha value is -6.03. The summed E-state index contributed by atoms with van der Waals surface area (Å²) in [6, 6.07) is 63.9. The topological polar surface area (TPSA) is 16.4 Å². The van der Waals surface area contributed by atoms with Crippen LogP contribution in [0.5, 0.6) is 0 Å². The van der Waals surface area contributed by atoms with Gasteiger partial charge in [0.05, 0.1) is 5.69 Å². The van der Waals surface area contributed by atoms with Gasteiger partial charge in [0, 0.05) is 43.1 Å². The number of para-hydroxylation sites is 1. The van der Waals surface area contributed by atoms with Crippen LogP contribution in [-0.2, 0) is 0 Å². The quantitative estimate of drug-likeness (QED) is 0.181. The second-order valence-corrected chi connectivity index (χ2v) is 17.3. The molecule has 0 fully saturated rings. The Bertz CT molecular complexity index is 2780. The summed E-state index contributed by atoms with van der Waals surface area (Å²) < 4.78 is 6.66. The minimum absolute atomic E-state index is 0.934. The molecule has 1 aliphatic heterocycles. The SMILES string of the molecule is CS1(C)c2ccc3c(oc4ccccc43)c2-c2cccc(N(c3ccc(-c4ccc5ccccc5c4)cc3)c3cccc(-c4ccccc4)c3)c21. The van der Waals surface area contributed by atoms with E-state index in [0.29, 0.717) is 0 Å². The van der Waals surface area contributed by atoms with Gasteiger partial charge in [0.2, 0.25) is 0 Å². The molecule has 0 spiro atoms. The Balaban J connectivity index is 1.17. The molecule has 0 saturated heterocycles. The summed E-state index contributed by atoms with van der Waals surface area (Å²) in [6.07, 6.45) is 4.88. The highest BCUT2D eigenvalue weighted by Gasteiger charge is 2.38. The monoisotopic (exact) mass is 673 g/mol. The highest BCUT2D eigenvalue weighted by molar-refractivity contribution is 8.33. The Morgan fingerprint density at radius 2 is 1.16 bits per heavy atom. The molecule has 0 saturated carbocycles. The van der Waals surface area contributed by atoms with Crippen LogP contribution in [0.1, 0.15) is 0 Å². The summed E-state index contributed by atoms with van der Waals surface area (Å²) in [5.74, 6) is 0. The lowest BCUT2D eigenvalue weighted by Gasteiger charge is -2.35. The van der Waals surface area contributed by atoms with Crippen LogP contribution in [0.3, 0.4) is 0 Å². The third-order valence-electron chi connectivity index (χ3n) is 10.5. The molecule has 244 valence electrons. The Morgan fingerprint density at radius 1 is 0.471 bits per heavy atom. The van der Waals surface area contributed by atoms with Crippen molar-refractivity contribution in [3.8, 4) is 33.4 Å². The molecular weight excluding hydrogens is 639 g/mol. The molecule has 0 bridgehead atoms. The van der Waals surface area contributed by atoms with Crippen molar-refractivity contribution < 1.29 is 4.42 Å². The van der Waals surface area contributed by atoms with E-state index in [1.807, 2.05) is 0 Å². The molecule has 1 aromatic heterocycles. The lowest BCUT2D eigenvalue weighted by Crippen LogP contribution is -2.13. The lowest BCUT2D eigenvalue weighted by molar-refractivity contribution is 0.669. The Labute approximate surface area is 299 Å². The van der Waals surface area contributed by atoms with E-state index >= 15 is 0 Å². The zero-order valence-corrected chi connectivity index (χ0v) is 29.3. The van der Waals surface area contributed by atoms with Gasteiger partial charge in [-0.25, -0.2) is 0 Å². The summed E-state index contributed by atoms with van der Waals surface area (Å²) in [7, 11) is -1.42. The molecule has 3 heteroatoms. The predicted octanol–water partition coefficient (Wildman–Crippen LogP) is 14.0. The fourth-order valence-corrected chi connectivity index (χ4v) is 10.8. The van der Waals surface area contributed by atoms with Crippen molar-refractivity contribution >= 4 is 59.8 Å². The average molecular weight is 674 g/mol. The maximum Gasteiger partial charge on any atom is 0.144 e. The maximum atomic E-state index is 6.66. The van der Waals surface area contributed by atoms with Crippen LogP contribution in [0.15, 0.2) is 190 Å². The van der Waals surface area contributed by atoms with Crippen LogP contribution in [0, 0.1) is 0 Å². The molecular formula is C48H35NOS. The number of fused-ring (bicyclic) bond motifs is 8. The zero-order valence-electron chi connectivity index (χ0n) is 28.5. The second kappa shape index (κ2) is 11.5. The van der Waals surface area contributed by atoms with Gasteiger partial charge in [0.25, 0.3) is 0 Å². The first-order valence-corrected chi connectivity index (χ1v) is 19.9. The van der Waals surface area contributed by atoms with E-state index < -0.39 is 10.0 Å². The van der Waals surface area contributed by atoms with E-state index in [9.17, 15) is 0 Å². The largest absolute Gasteiger partial charge is 0.455 e. The summed E-state index contributed by atoms with van der Waals surface area (Å²) in [4.78, 5) is 5.23. The van der Waals surface area contributed by atoms with E-state index in [-0.39, 0.29) is 0 Å². The number of benzene rings is 8. The van der Waals surface area contributed by atoms with Crippen molar-refractivity contribution in [2.75, 3.05) is 17.4 Å². The minimum Gasteiger partial charge on any atom is -0.455 e. The van der Waals surface area contributed by atoms with E-state index in [1.165, 1.54) is 70.4 Å². The normalized spacial score (nSPS) is 13.7. The highest BCUT2D eigenvalue weighted by atomic mass is 32.3. The first-order chi connectivity index (χ1) is 25.0. The molecule has 10 rings (SSSR count). The zero-order chi connectivity index (χ0) is 34.1. The van der Waals surface area contributed by atoms with Crippen molar-refractivity contribution in [1.29, 1.82) is 0 Å². The van der Waals surface area contributed by atoms with Gasteiger partial charge in [0.1, 0.15) is 11.2 Å². The van der Waals surface area contributed by atoms with Gasteiger partial charge in [-0.2, -0.15) is 10.0 Å². The molecule has 0 aliphatic carbocycles. The van der Waals surface area contributed by atoms with Crippen LogP contribution in [0.2, 0.25) is 0 Å². The number of furan rings is 1. The molecule has 2 heterocycles. The van der Waals surface area contributed by atoms with Gasteiger partial charge in [-0.3, -0.25) is 0 Å². The average Bonchev–Trinajstić information content (AvgIpc) is 3.68. The smallest absolute Gasteiger partial charge is 0.144 e. The number of anilines is 3. The van der Waals surface area contributed by atoms with Crippen molar-refractivity contribution in [1.82, 2.24) is 0 Å². The van der Waals surface area contributed by atoms with Crippen LogP contribution >= 0.6 is 10.0 Å². The van der Waals surface area contributed by atoms with Gasteiger partial charge >= 0.3 is 0 Å². The van der Waals surface area contributed by atoms with Crippen LogP contribution in [-0.4, -0.2) is 12.5 Å². The first-order valence-electron chi connectivity index (χ1n) is 17.4. The number of rotatable bonds is 5. The van der Waals surface area contributed by atoms with Crippen molar-refractivity contribution in [2.24, 2.45) is 0 Å². The van der Waals surface area contributed by atoms with E-state index in [1.54, 1.807) is 0 Å². The van der Waals surface area contributed by atoms with Gasteiger partial charge in [-0.1, -0.05) is 121 Å². The Morgan fingerprint density at radius 3 is 2.02 bits per heavy atom. The summed E-state index contributed by atoms with van der Waals surface area (Å²) in [5, 5.41) is 4.85. The first kappa shape index (κ1) is 29.8. The van der Waals surface area contributed by atoms with Gasteiger partial charge in [0.15, 0.2) is 0 Å². The predicted molar refractivity (Wildman–Crippen MR) is 218 cm³/mol. The fourth-order valence-electron chi connectivity index (χ4n) is 8.05. The summed E-state index contributed by atoms with van der Waals surface area (Å²) in [5.41, 5.74) is 12.7. The van der Waals surface area contributed by atoms with E-state index in [2.05, 4.69) is 193 Å². The van der Waals surface area contributed by atoms with Crippen molar-refractivity contribution in [3.63, 3.8) is 0 Å². The second-order valence-electron chi connectivity index (χ2n) is 13.8. The molecule has 0 radical (unpaired) electrons. The minimum atomic E-state index is -1.42. The Kier molecular flexibility index (Phi) is 6.74. The molecule has 0 atom stereocenters. The summed E-state index contributed by atoms with van der Waals surface area (Å²) >= 11 is 0. The number of nitrogens with zero attached hydrogens (tertiary/aromatic N) is 1. The van der Waals surface area contributed by atoms with E-state index in [0.717, 1.165) is 22.5 Å². The fraction of sp³-hybridized carbons (Fsp3) is 0.0417. The molecule has 0 N–H and O–H groups in total. The lowest BCUT2D eigenvalue weighted by atomic mass is 9.99. The van der Waals surface area contributed by atoms with E-state index in [4.69, 9.17) is 4.42 Å². The number of hydrogen-bond acceptors (Lipinski definition) is 2. The van der Waals surface area contributed by atoms with Crippen LogP contribution in [0.4, 0.5) is 17.1 Å². The third-order valence-corrected chi connectivity index (χ3v) is 13.4. The third kappa shape index (κ3) is 4.73. The van der Waals surface area contributed by atoms with Crippen molar-refractivity contribution in [3.05, 3.63) is 176 Å². The molecule has 8 aromatic carbocycles. The molecule has 51 heavy (non-hydrogen) atoms. The molecule has 0 unspecified atom stereocenters. The van der Waals surface area contributed by atoms with Gasteiger partial charge in [-0.15, -0.1) is 0 Å². The summed E-state index contributed by atoms with van der Waals surface area (Å²) in [6.45, 7) is 0.